The summed E-state index contributed by atoms with van der Waals surface area (Å²) in [5.74, 6) is 7.34. The van der Waals surface area contributed by atoms with E-state index in [0.29, 0.717) is 18.5 Å². The Balaban J connectivity index is 0.878. The van der Waals surface area contributed by atoms with E-state index < -0.39 is 11.9 Å². The van der Waals surface area contributed by atoms with Crippen molar-refractivity contribution in [3.05, 3.63) is 107 Å². The highest BCUT2D eigenvalue weighted by Gasteiger charge is 2.39. The number of hydrogen-bond acceptors (Lipinski definition) is 8. The predicted molar refractivity (Wildman–Crippen MR) is 187 cm³/mol. The SMILES string of the molecule is O=C1CCC(N2Cc3cc(C#CC4CN(c5cccc(-c6cnc7ccc(N8CCC[C@@H]8c8cccc(F)c8)nn67)n5)C4)ccc3C2=O)C(=O)N1. The van der Waals surface area contributed by atoms with E-state index in [1.54, 1.807) is 29.3 Å². The molecule has 12 heteroatoms. The molecule has 0 radical (unpaired) electrons. The second kappa shape index (κ2) is 12.4. The number of hydrogen-bond donors (Lipinski definition) is 1. The Bertz CT molecular complexity index is 2300. The molecule has 51 heavy (non-hydrogen) atoms. The number of anilines is 2. The van der Waals surface area contributed by atoms with Gasteiger partial charge in [0.05, 0.1) is 23.9 Å². The smallest absolute Gasteiger partial charge is 0.255 e. The van der Waals surface area contributed by atoms with Gasteiger partial charge < -0.3 is 14.7 Å². The number of imide groups is 1. The summed E-state index contributed by atoms with van der Waals surface area (Å²) in [5.41, 5.74) is 5.47. The van der Waals surface area contributed by atoms with Crippen LogP contribution < -0.4 is 15.1 Å². The fourth-order valence-corrected chi connectivity index (χ4v) is 7.63. The molecule has 3 saturated heterocycles. The first-order valence-corrected chi connectivity index (χ1v) is 17.3. The molecule has 1 N–H and O–H groups in total. The number of amides is 3. The lowest BCUT2D eigenvalue weighted by Gasteiger charge is -2.37. The summed E-state index contributed by atoms with van der Waals surface area (Å²) in [6.07, 6.45) is 4.29. The number of nitrogens with one attached hydrogen (secondary N) is 1. The average Bonchev–Trinajstić information content (AvgIpc) is 3.85. The van der Waals surface area contributed by atoms with Crippen LogP contribution >= 0.6 is 0 Å². The van der Waals surface area contributed by atoms with Crippen LogP contribution in [0.4, 0.5) is 16.0 Å². The maximum Gasteiger partial charge on any atom is 0.255 e. The van der Waals surface area contributed by atoms with Crippen LogP contribution in [0.15, 0.2) is 79.0 Å². The highest BCUT2D eigenvalue weighted by molar-refractivity contribution is 6.05. The van der Waals surface area contributed by atoms with E-state index in [0.717, 1.165) is 77.8 Å². The third-order valence-corrected chi connectivity index (χ3v) is 10.3. The molecule has 11 nitrogen and oxygen atoms in total. The Kier molecular flexibility index (Phi) is 7.49. The van der Waals surface area contributed by atoms with Crippen molar-refractivity contribution in [1.82, 2.24) is 29.8 Å². The van der Waals surface area contributed by atoms with Crippen LogP contribution in [0.2, 0.25) is 0 Å². The molecule has 5 aromatic rings. The fraction of sp³-hybridized carbons (Fsp3) is 0.282. The van der Waals surface area contributed by atoms with Gasteiger partial charge >= 0.3 is 0 Å². The highest BCUT2D eigenvalue weighted by atomic mass is 19.1. The summed E-state index contributed by atoms with van der Waals surface area (Å²) in [6.45, 7) is 2.64. The van der Waals surface area contributed by atoms with Crippen LogP contribution in [-0.2, 0) is 16.1 Å². The van der Waals surface area contributed by atoms with Gasteiger partial charge in [0.25, 0.3) is 5.91 Å². The Morgan fingerprint density at radius 3 is 2.63 bits per heavy atom. The van der Waals surface area contributed by atoms with Gasteiger partial charge in [-0.25, -0.2) is 18.9 Å². The van der Waals surface area contributed by atoms with Crippen molar-refractivity contribution >= 4 is 35.0 Å². The number of benzene rings is 2. The number of aromatic nitrogens is 4. The van der Waals surface area contributed by atoms with Crippen LogP contribution in [0.3, 0.4) is 0 Å². The molecular formula is C39H33FN8O3. The molecule has 3 amide bonds. The summed E-state index contributed by atoms with van der Waals surface area (Å²) in [4.78, 5) is 52.5. The van der Waals surface area contributed by atoms with E-state index in [1.165, 1.54) is 6.07 Å². The first-order chi connectivity index (χ1) is 24.9. The van der Waals surface area contributed by atoms with Gasteiger partial charge in [0.1, 0.15) is 29.2 Å². The molecule has 3 aromatic heterocycles. The largest absolute Gasteiger partial charge is 0.354 e. The van der Waals surface area contributed by atoms with Gasteiger partial charge in [-0.1, -0.05) is 30.0 Å². The zero-order valence-electron chi connectivity index (χ0n) is 27.6. The molecule has 4 aliphatic heterocycles. The molecule has 2 aromatic carbocycles. The third-order valence-electron chi connectivity index (χ3n) is 10.3. The van der Waals surface area contributed by atoms with Crippen LogP contribution in [-0.4, -0.2) is 67.9 Å². The van der Waals surface area contributed by atoms with Crippen molar-refractivity contribution in [3.8, 4) is 23.2 Å². The lowest BCUT2D eigenvalue weighted by atomic mass is 9.99. The molecule has 9 rings (SSSR count). The summed E-state index contributed by atoms with van der Waals surface area (Å²) in [7, 11) is 0. The molecule has 254 valence electrons. The Labute approximate surface area is 293 Å². The maximum absolute atomic E-state index is 14.0. The summed E-state index contributed by atoms with van der Waals surface area (Å²) in [5, 5.41) is 7.33. The summed E-state index contributed by atoms with van der Waals surface area (Å²) >= 11 is 0. The van der Waals surface area contributed by atoms with Crippen molar-refractivity contribution in [2.45, 2.75) is 44.3 Å². The van der Waals surface area contributed by atoms with Gasteiger partial charge in [0.2, 0.25) is 11.8 Å². The topological polar surface area (TPSA) is 116 Å². The van der Waals surface area contributed by atoms with Gasteiger partial charge in [-0.15, -0.1) is 5.10 Å². The average molecular weight is 681 g/mol. The number of rotatable bonds is 5. The van der Waals surface area contributed by atoms with Gasteiger partial charge in [0, 0.05) is 43.7 Å². The minimum absolute atomic E-state index is 0.0591. The molecule has 0 spiro atoms. The second-order valence-electron chi connectivity index (χ2n) is 13.5. The maximum atomic E-state index is 14.0. The van der Waals surface area contributed by atoms with Gasteiger partial charge in [0.15, 0.2) is 5.65 Å². The van der Waals surface area contributed by atoms with Gasteiger partial charge in [-0.2, -0.15) is 0 Å². The van der Waals surface area contributed by atoms with Crippen LogP contribution in [0.1, 0.15) is 58.8 Å². The summed E-state index contributed by atoms with van der Waals surface area (Å²) < 4.78 is 15.9. The first kappa shape index (κ1) is 30.9. The second-order valence-corrected chi connectivity index (χ2v) is 13.5. The number of fused-ring (bicyclic) bond motifs is 2. The fourth-order valence-electron chi connectivity index (χ4n) is 7.63. The van der Waals surface area contributed by atoms with E-state index in [9.17, 15) is 18.8 Å². The minimum atomic E-state index is -0.637. The molecular weight excluding hydrogens is 647 g/mol. The molecule has 4 aliphatic rings. The highest BCUT2D eigenvalue weighted by Crippen LogP contribution is 2.36. The van der Waals surface area contributed by atoms with Crippen LogP contribution in [0.25, 0.3) is 17.0 Å². The van der Waals surface area contributed by atoms with E-state index in [-0.39, 0.29) is 36.0 Å². The Hall–Kier alpha value is -6.09. The van der Waals surface area contributed by atoms with Gasteiger partial charge in [-0.3, -0.25) is 19.7 Å². The minimum Gasteiger partial charge on any atom is -0.354 e. The molecule has 2 atom stereocenters. The third kappa shape index (κ3) is 5.64. The monoisotopic (exact) mass is 680 g/mol. The number of carbonyl (C=O) groups excluding carboxylic acids is 3. The van der Waals surface area contributed by atoms with Crippen molar-refractivity contribution in [3.63, 3.8) is 0 Å². The summed E-state index contributed by atoms with van der Waals surface area (Å²) in [6, 6.07) is 21.7. The van der Waals surface area contributed by atoms with Crippen molar-refractivity contribution in [2.75, 3.05) is 29.4 Å². The van der Waals surface area contributed by atoms with E-state index in [4.69, 9.17) is 10.1 Å². The van der Waals surface area contributed by atoms with E-state index in [2.05, 4.69) is 31.9 Å². The standard InChI is InChI=1S/C39H33FN8O3/c40-28-5-1-4-26(19-28)31-7-3-17-46(31)36-15-14-34-41-20-33(48(34)44-36)30-6-2-8-35(42-30)45-21-25(22-45)10-9-24-11-12-29-27(18-24)23-47(39(29)51)32-13-16-37(49)43-38(32)50/h1-2,4-6,8,11-12,14-15,18-20,25,31-32H,3,7,13,16-17,21-23H2,(H,43,49,50)/t31-,32?/m1/s1. The number of halogens is 1. The van der Waals surface area contributed by atoms with Crippen molar-refractivity contribution in [1.29, 1.82) is 0 Å². The first-order valence-electron chi connectivity index (χ1n) is 17.3. The molecule has 7 heterocycles. The van der Waals surface area contributed by atoms with Crippen LogP contribution in [0, 0.1) is 23.6 Å². The van der Waals surface area contributed by atoms with Crippen LogP contribution in [0.5, 0.6) is 0 Å². The molecule has 0 aliphatic carbocycles. The molecule has 1 unspecified atom stereocenters. The number of carbonyl (C=O) groups is 3. The zero-order valence-corrected chi connectivity index (χ0v) is 27.6. The zero-order chi connectivity index (χ0) is 34.6. The number of piperidine rings is 1. The molecule has 0 bridgehead atoms. The molecule has 0 saturated carbocycles. The Morgan fingerprint density at radius 1 is 0.882 bits per heavy atom. The quantitative estimate of drug-likeness (QED) is 0.213. The van der Waals surface area contributed by atoms with E-state index >= 15 is 0 Å². The lowest BCUT2D eigenvalue weighted by Crippen LogP contribution is -2.52. The molecule has 3 fully saturated rings. The Morgan fingerprint density at radius 2 is 1.76 bits per heavy atom. The predicted octanol–water partition coefficient (Wildman–Crippen LogP) is 4.52. The number of pyridine rings is 1. The normalized spacial score (nSPS) is 20.3. The number of nitrogens with zero attached hydrogens (tertiary/aromatic N) is 7. The lowest BCUT2D eigenvalue weighted by molar-refractivity contribution is -0.136. The van der Waals surface area contributed by atoms with Gasteiger partial charge in [-0.05, 0) is 85.0 Å². The van der Waals surface area contributed by atoms with E-state index in [1.807, 2.05) is 53.0 Å². The number of imidazole rings is 1. The van der Waals surface area contributed by atoms with Crippen molar-refractivity contribution in [2.24, 2.45) is 5.92 Å². The van der Waals surface area contributed by atoms with Crippen molar-refractivity contribution < 1.29 is 18.8 Å².